The monoisotopic (exact) mass is 563 g/mol. The van der Waals surface area contributed by atoms with Crippen molar-refractivity contribution >= 4 is 23.2 Å². The van der Waals surface area contributed by atoms with Gasteiger partial charge in [0.05, 0.1) is 0 Å². The lowest BCUT2D eigenvalue weighted by Gasteiger charge is -2.72. The van der Waals surface area contributed by atoms with Gasteiger partial charge in [-0.05, 0) is 139 Å². The third-order valence-electron chi connectivity index (χ3n) is 13.8. The Balaban J connectivity index is 0.00000103. The molecule has 0 radical (unpaired) electrons. The second-order valence-corrected chi connectivity index (χ2v) is 16.1. The summed E-state index contributed by atoms with van der Waals surface area (Å²) < 4.78 is 3.37. The van der Waals surface area contributed by atoms with Crippen molar-refractivity contribution in [1.82, 2.24) is 0 Å². The van der Waals surface area contributed by atoms with Crippen molar-refractivity contribution in [2.24, 2.45) is 50.7 Å². The molecule has 0 heterocycles. The zero-order chi connectivity index (χ0) is 29.0. The van der Waals surface area contributed by atoms with Crippen LogP contribution >= 0.6 is 11.9 Å². The van der Waals surface area contributed by atoms with E-state index in [9.17, 15) is 5.11 Å². The van der Waals surface area contributed by atoms with Crippen LogP contribution in [-0.2, 0) is 0 Å². The van der Waals surface area contributed by atoms with Gasteiger partial charge in [-0.1, -0.05) is 77.3 Å². The Hall–Kier alpha value is -1.19. The quantitative estimate of drug-likeness (QED) is 0.282. The number of anilines is 1. The first-order chi connectivity index (χ1) is 19.0. The Morgan fingerprint density at radius 2 is 1.60 bits per heavy atom. The summed E-state index contributed by atoms with van der Waals surface area (Å²) in [6, 6.07) is 9.17. The molecule has 3 heteroatoms. The molecule has 6 rings (SSSR count). The van der Waals surface area contributed by atoms with Gasteiger partial charge in [0.1, 0.15) is 0 Å². The molecule has 5 aliphatic carbocycles. The van der Waals surface area contributed by atoms with Crippen molar-refractivity contribution in [2.75, 3.05) is 17.6 Å². The standard InChI is InChI=1S/C34H51NOS.C3H6/c1-30(2)25(23-9-11-24(12-10-23)35-37-6)15-18-31(3)28(30)16-19-33(5)29(31)14-13-26-27-8-7-17-34(27,22-36)21-20-32(26,33)4;1-3-2/h9-12,15,26-29,35-36H,7-8,13-14,16-22H2,1-6H3;3H,1H2,2H3/t26?,27?,28?,29?,31?,32-,33?,34?;/m1./s1. The fourth-order valence-corrected chi connectivity index (χ4v) is 12.3. The molecule has 7 unspecified atom stereocenters. The molecular weight excluding hydrogens is 506 g/mol. The van der Waals surface area contributed by atoms with Crippen molar-refractivity contribution < 1.29 is 5.11 Å². The van der Waals surface area contributed by atoms with Gasteiger partial charge in [-0.15, -0.1) is 6.58 Å². The van der Waals surface area contributed by atoms with E-state index in [-0.39, 0.29) is 10.8 Å². The average Bonchev–Trinajstić information content (AvgIpc) is 3.35. The minimum atomic E-state index is 0.185. The molecule has 4 fully saturated rings. The van der Waals surface area contributed by atoms with E-state index in [0.29, 0.717) is 22.9 Å². The van der Waals surface area contributed by atoms with Crippen LogP contribution in [-0.4, -0.2) is 18.0 Å². The lowest BCUT2D eigenvalue weighted by Crippen LogP contribution is -2.65. The molecule has 4 saturated carbocycles. The lowest BCUT2D eigenvalue weighted by molar-refractivity contribution is -0.225. The summed E-state index contributed by atoms with van der Waals surface area (Å²) >= 11 is 1.66. The van der Waals surface area contributed by atoms with Gasteiger partial charge >= 0.3 is 0 Å². The minimum absolute atomic E-state index is 0.185. The molecule has 8 atom stereocenters. The van der Waals surface area contributed by atoms with E-state index in [1.807, 2.05) is 6.92 Å². The fraction of sp³-hybridized carbons (Fsp3) is 0.730. The molecule has 0 aliphatic heterocycles. The number of rotatable bonds is 4. The van der Waals surface area contributed by atoms with Crippen LogP contribution < -0.4 is 4.72 Å². The van der Waals surface area contributed by atoms with E-state index in [2.05, 4.69) is 82.5 Å². The number of nitrogens with one attached hydrogen (secondary N) is 1. The highest BCUT2D eigenvalue weighted by Gasteiger charge is 2.69. The van der Waals surface area contributed by atoms with Gasteiger partial charge in [-0.25, -0.2) is 0 Å². The Morgan fingerprint density at radius 3 is 2.25 bits per heavy atom. The van der Waals surface area contributed by atoms with E-state index in [0.717, 1.165) is 23.7 Å². The van der Waals surface area contributed by atoms with Gasteiger partial charge in [-0.2, -0.15) is 0 Å². The Bertz CT molecular complexity index is 1110. The molecule has 1 aromatic carbocycles. The molecule has 2 nitrogen and oxygen atoms in total. The predicted molar refractivity (Wildman–Crippen MR) is 175 cm³/mol. The first-order valence-electron chi connectivity index (χ1n) is 16.3. The summed E-state index contributed by atoms with van der Waals surface area (Å²) in [6.07, 6.45) is 19.8. The van der Waals surface area contributed by atoms with Crippen LogP contribution in [0.4, 0.5) is 5.69 Å². The van der Waals surface area contributed by atoms with Crippen molar-refractivity contribution in [1.29, 1.82) is 0 Å². The van der Waals surface area contributed by atoms with Crippen molar-refractivity contribution in [2.45, 2.75) is 106 Å². The van der Waals surface area contributed by atoms with Crippen molar-refractivity contribution in [3.63, 3.8) is 0 Å². The maximum absolute atomic E-state index is 10.5. The summed E-state index contributed by atoms with van der Waals surface area (Å²) in [4.78, 5) is 0. The first-order valence-corrected chi connectivity index (χ1v) is 17.5. The van der Waals surface area contributed by atoms with Gasteiger partial charge < -0.3 is 9.83 Å². The number of aliphatic hydroxyl groups is 1. The summed E-state index contributed by atoms with van der Waals surface area (Å²) in [6.45, 7) is 18.9. The normalized spacial score (nSPS) is 43.0. The summed E-state index contributed by atoms with van der Waals surface area (Å²) in [5, 5.41) is 10.5. The highest BCUT2D eigenvalue weighted by molar-refractivity contribution is 7.99. The molecule has 0 amide bonds. The largest absolute Gasteiger partial charge is 0.396 e. The third kappa shape index (κ3) is 4.30. The van der Waals surface area contributed by atoms with E-state index in [1.165, 1.54) is 75.5 Å². The molecular formula is C37H57NOS. The van der Waals surface area contributed by atoms with Crippen LogP contribution in [0.3, 0.4) is 0 Å². The summed E-state index contributed by atoms with van der Waals surface area (Å²) in [5.74, 6) is 3.10. The first kappa shape index (κ1) is 30.3. The highest BCUT2D eigenvalue weighted by atomic mass is 32.2. The maximum Gasteiger partial charge on any atom is 0.0490 e. The zero-order valence-electron chi connectivity index (χ0n) is 26.6. The molecule has 0 bridgehead atoms. The molecule has 2 N–H and O–H groups in total. The number of hydrogen-bond acceptors (Lipinski definition) is 3. The maximum atomic E-state index is 10.5. The number of allylic oxidation sites excluding steroid dienone is 3. The molecule has 40 heavy (non-hydrogen) atoms. The number of hydrogen-bond donors (Lipinski definition) is 2. The third-order valence-corrected chi connectivity index (χ3v) is 14.3. The summed E-state index contributed by atoms with van der Waals surface area (Å²) in [7, 11) is 0. The van der Waals surface area contributed by atoms with Crippen molar-refractivity contribution in [3.05, 3.63) is 48.6 Å². The summed E-state index contributed by atoms with van der Waals surface area (Å²) in [5.41, 5.74) is 5.82. The SMILES string of the molecule is C=CC.CSNc1ccc(C2=CCC3(C)C(CCC4(C)C3CCC3C5CCCC5(CO)CC[C@]34C)C2(C)C)cc1. The average molecular weight is 564 g/mol. The van der Waals surface area contributed by atoms with Crippen LogP contribution in [0.15, 0.2) is 43.0 Å². The number of aliphatic hydroxyl groups excluding tert-OH is 1. The molecule has 1 aromatic rings. The van der Waals surface area contributed by atoms with Crippen LogP contribution in [0.1, 0.15) is 111 Å². The molecule has 0 aromatic heterocycles. The van der Waals surface area contributed by atoms with Gasteiger partial charge in [0.15, 0.2) is 0 Å². The fourth-order valence-electron chi connectivity index (χ4n) is 11.9. The van der Waals surface area contributed by atoms with E-state index in [1.54, 1.807) is 23.6 Å². The lowest BCUT2D eigenvalue weighted by atomic mass is 9.33. The van der Waals surface area contributed by atoms with Gasteiger partial charge in [0, 0.05) is 18.6 Å². The zero-order valence-corrected chi connectivity index (χ0v) is 27.4. The Kier molecular flexibility index (Phi) is 8.19. The van der Waals surface area contributed by atoms with Crippen molar-refractivity contribution in [3.8, 4) is 0 Å². The minimum Gasteiger partial charge on any atom is -0.396 e. The predicted octanol–water partition coefficient (Wildman–Crippen LogP) is 10.4. The van der Waals surface area contributed by atoms with Crippen LogP contribution in [0.25, 0.3) is 5.57 Å². The molecule has 5 aliphatic rings. The highest BCUT2D eigenvalue weighted by Crippen LogP contribution is 2.77. The topological polar surface area (TPSA) is 32.3 Å². The van der Waals surface area contributed by atoms with Gasteiger partial charge in [0.2, 0.25) is 0 Å². The van der Waals surface area contributed by atoms with E-state index < -0.39 is 0 Å². The molecule has 222 valence electrons. The second kappa shape index (κ2) is 10.8. The van der Waals surface area contributed by atoms with Crippen LogP contribution in [0.5, 0.6) is 0 Å². The number of benzene rings is 1. The van der Waals surface area contributed by atoms with Crippen LogP contribution in [0, 0.1) is 50.7 Å². The number of fused-ring (bicyclic) bond motifs is 7. The van der Waals surface area contributed by atoms with Gasteiger partial charge in [-0.3, -0.25) is 0 Å². The van der Waals surface area contributed by atoms with Crippen LogP contribution in [0.2, 0.25) is 0 Å². The van der Waals surface area contributed by atoms with E-state index in [4.69, 9.17) is 0 Å². The second-order valence-electron chi connectivity index (χ2n) is 15.5. The Morgan fingerprint density at radius 1 is 0.900 bits per heavy atom. The molecule has 0 saturated heterocycles. The van der Waals surface area contributed by atoms with Gasteiger partial charge in [0.25, 0.3) is 0 Å². The smallest absolute Gasteiger partial charge is 0.0490 e. The Labute approximate surface area is 250 Å². The van der Waals surface area contributed by atoms with E-state index >= 15 is 0 Å². The molecule has 0 spiro atoms.